The summed E-state index contributed by atoms with van der Waals surface area (Å²) in [5.74, 6) is 0.191. The normalized spacial score (nSPS) is 15.8. The first kappa shape index (κ1) is 19.0. The third-order valence-corrected chi connectivity index (χ3v) is 5.33. The van der Waals surface area contributed by atoms with Crippen LogP contribution in [0.25, 0.3) is 0 Å². The third-order valence-electron chi connectivity index (χ3n) is 4.85. The number of halogens is 2. The number of hydrogen-bond donors (Lipinski definition) is 1. The lowest BCUT2D eigenvalue weighted by molar-refractivity contribution is -0.683. The second kappa shape index (κ2) is 8.76. The molecule has 2 aromatic carbocycles. The predicted octanol–water partition coefficient (Wildman–Crippen LogP) is 2.97. The molecule has 138 valence electrons. The van der Waals surface area contributed by atoms with Crippen LogP contribution in [-0.2, 0) is 4.79 Å². The number of nitrogens with two attached hydrogens (primary N) is 1. The molecule has 6 heteroatoms. The van der Waals surface area contributed by atoms with Crippen LogP contribution in [0.1, 0.15) is 18.5 Å². The van der Waals surface area contributed by atoms with Crippen LogP contribution >= 0.6 is 23.2 Å². The van der Waals surface area contributed by atoms with Gasteiger partial charge in [-0.2, -0.15) is 0 Å². The summed E-state index contributed by atoms with van der Waals surface area (Å²) in [6.45, 7) is 5.72. The molecule has 1 amide bonds. The number of rotatable bonds is 5. The number of carbonyl (C=O) groups excluding carboxylic acids is 1. The minimum atomic E-state index is 0.191. The molecule has 0 radical (unpaired) electrons. The van der Waals surface area contributed by atoms with Gasteiger partial charge in [0.1, 0.15) is 6.04 Å². The Kier molecular flexibility index (Phi) is 6.41. The van der Waals surface area contributed by atoms with E-state index in [4.69, 9.17) is 23.2 Å². The topological polar surface area (TPSA) is 40.2 Å². The highest BCUT2D eigenvalue weighted by molar-refractivity contribution is 6.31. The lowest BCUT2D eigenvalue weighted by atomic mass is 10.1. The van der Waals surface area contributed by atoms with Crippen molar-refractivity contribution in [2.24, 2.45) is 0 Å². The van der Waals surface area contributed by atoms with Crippen LogP contribution in [0.15, 0.2) is 48.5 Å². The Morgan fingerprint density at radius 3 is 2.38 bits per heavy atom. The molecule has 1 fully saturated rings. The molecule has 1 aliphatic heterocycles. The summed E-state index contributed by atoms with van der Waals surface area (Å²) in [6.07, 6.45) is 0. The van der Waals surface area contributed by atoms with Crippen molar-refractivity contribution in [1.29, 1.82) is 0 Å². The number of hydrogen-bond acceptors (Lipinski definition) is 2. The molecule has 26 heavy (non-hydrogen) atoms. The average Bonchev–Trinajstić information content (AvgIpc) is 2.66. The van der Waals surface area contributed by atoms with E-state index in [0.29, 0.717) is 6.54 Å². The van der Waals surface area contributed by atoms with E-state index in [-0.39, 0.29) is 11.9 Å². The molecule has 0 unspecified atom stereocenters. The Bertz CT molecular complexity index is 743. The Morgan fingerprint density at radius 2 is 1.73 bits per heavy atom. The van der Waals surface area contributed by atoms with Gasteiger partial charge in [-0.1, -0.05) is 41.4 Å². The molecular formula is C20H24Cl2N3O+. The SMILES string of the molecule is C[C@@H]([NH2+]CC(=O)N1CCN(c2cccc(Cl)c2)CC1)c1ccc(Cl)cc1. The summed E-state index contributed by atoms with van der Waals surface area (Å²) >= 11 is 12.0. The van der Waals surface area contributed by atoms with Crippen LogP contribution in [0.3, 0.4) is 0 Å². The second-order valence-electron chi connectivity index (χ2n) is 6.63. The zero-order valence-corrected chi connectivity index (χ0v) is 16.4. The first-order chi connectivity index (χ1) is 12.5. The van der Waals surface area contributed by atoms with E-state index in [1.165, 1.54) is 5.56 Å². The van der Waals surface area contributed by atoms with Crippen molar-refractivity contribution < 1.29 is 10.1 Å². The number of carbonyl (C=O) groups is 1. The lowest BCUT2D eigenvalue weighted by Crippen LogP contribution is -2.87. The van der Waals surface area contributed by atoms with Gasteiger partial charge in [0.2, 0.25) is 0 Å². The van der Waals surface area contributed by atoms with Gasteiger partial charge in [-0.05, 0) is 37.3 Å². The standard InChI is InChI=1S/C20H23Cl2N3O/c1-15(16-5-7-17(21)8-6-16)23-14-20(26)25-11-9-24(10-12-25)19-4-2-3-18(22)13-19/h2-8,13,15,23H,9-12,14H2,1H3/p+1/t15-/m1/s1. The van der Waals surface area contributed by atoms with Crippen LogP contribution in [0.4, 0.5) is 5.69 Å². The molecule has 0 spiro atoms. The van der Waals surface area contributed by atoms with Gasteiger partial charge < -0.3 is 15.1 Å². The van der Waals surface area contributed by atoms with Crippen LogP contribution in [0.5, 0.6) is 0 Å². The molecule has 2 N–H and O–H groups in total. The van der Waals surface area contributed by atoms with Gasteiger partial charge in [0, 0.05) is 47.5 Å². The summed E-state index contributed by atoms with van der Waals surface area (Å²) in [5.41, 5.74) is 2.29. The van der Waals surface area contributed by atoms with Gasteiger partial charge in [0.15, 0.2) is 6.54 Å². The van der Waals surface area contributed by atoms with Gasteiger partial charge in [-0.25, -0.2) is 0 Å². The largest absolute Gasteiger partial charge is 0.368 e. The maximum absolute atomic E-state index is 12.5. The molecule has 1 atom stereocenters. The van der Waals surface area contributed by atoms with E-state index >= 15 is 0 Å². The number of nitrogens with zero attached hydrogens (tertiary/aromatic N) is 2. The highest BCUT2D eigenvalue weighted by Gasteiger charge is 2.23. The Hall–Kier alpha value is -1.75. The van der Waals surface area contributed by atoms with Gasteiger partial charge in [-0.3, -0.25) is 4.79 Å². The van der Waals surface area contributed by atoms with Crippen LogP contribution in [-0.4, -0.2) is 43.5 Å². The molecule has 0 aromatic heterocycles. The van der Waals surface area contributed by atoms with Crippen LogP contribution in [0.2, 0.25) is 10.0 Å². The molecule has 1 heterocycles. The molecule has 3 rings (SSSR count). The van der Waals surface area contributed by atoms with E-state index < -0.39 is 0 Å². The van der Waals surface area contributed by atoms with Crippen molar-refractivity contribution >= 4 is 34.8 Å². The second-order valence-corrected chi connectivity index (χ2v) is 7.50. The van der Waals surface area contributed by atoms with Gasteiger partial charge >= 0.3 is 0 Å². The quantitative estimate of drug-likeness (QED) is 0.849. The minimum absolute atomic E-state index is 0.191. The van der Waals surface area contributed by atoms with Crippen molar-refractivity contribution in [2.75, 3.05) is 37.6 Å². The maximum atomic E-state index is 12.5. The van der Waals surface area contributed by atoms with E-state index in [1.54, 1.807) is 0 Å². The fraction of sp³-hybridized carbons (Fsp3) is 0.350. The summed E-state index contributed by atoms with van der Waals surface area (Å²) < 4.78 is 0. The predicted molar refractivity (Wildman–Crippen MR) is 107 cm³/mol. The van der Waals surface area contributed by atoms with Crippen molar-refractivity contribution in [1.82, 2.24) is 4.90 Å². The van der Waals surface area contributed by atoms with Crippen molar-refractivity contribution in [2.45, 2.75) is 13.0 Å². The van der Waals surface area contributed by atoms with E-state index in [1.807, 2.05) is 47.4 Å². The van der Waals surface area contributed by atoms with E-state index in [2.05, 4.69) is 23.2 Å². The van der Waals surface area contributed by atoms with Crippen molar-refractivity contribution in [3.63, 3.8) is 0 Å². The number of amides is 1. The average molecular weight is 393 g/mol. The fourth-order valence-corrected chi connectivity index (χ4v) is 3.51. The Morgan fingerprint density at radius 1 is 1.04 bits per heavy atom. The summed E-state index contributed by atoms with van der Waals surface area (Å²) in [7, 11) is 0. The molecule has 0 saturated carbocycles. The molecule has 2 aromatic rings. The summed E-state index contributed by atoms with van der Waals surface area (Å²) in [5, 5.41) is 3.55. The molecule has 0 aliphatic carbocycles. The number of benzene rings is 2. The lowest BCUT2D eigenvalue weighted by Gasteiger charge is -2.36. The molecule has 1 saturated heterocycles. The summed E-state index contributed by atoms with van der Waals surface area (Å²) in [6, 6.07) is 15.9. The highest BCUT2D eigenvalue weighted by atomic mass is 35.5. The first-order valence-electron chi connectivity index (χ1n) is 8.90. The zero-order valence-electron chi connectivity index (χ0n) is 14.9. The molecule has 0 bridgehead atoms. The third kappa shape index (κ3) is 4.91. The molecule has 1 aliphatic rings. The minimum Gasteiger partial charge on any atom is -0.368 e. The van der Waals surface area contributed by atoms with Gasteiger partial charge in [0.25, 0.3) is 5.91 Å². The number of anilines is 1. The van der Waals surface area contributed by atoms with Gasteiger partial charge in [-0.15, -0.1) is 0 Å². The first-order valence-corrected chi connectivity index (χ1v) is 9.65. The Balaban J connectivity index is 1.47. The molecule has 4 nitrogen and oxygen atoms in total. The van der Waals surface area contributed by atoms with Crippen molar-refractivity contribution in [3.05, 3.63) is 64.1 Å². The maximum Gasteiger partial charge on any atom is 0.277 e. The number of piperazine rings is 1. The summed E-state index contributed by atoms with van der Waals surface area (Å²) in [4.78, 5) is 16.7. The van der Waals surface area contributed by atoms with E-state index in [9.17, 15) is 4.79 Å². The van der Waals surface area contributed by atoms with Crippen LogP contribution in [0, 0.1) is 0 Å². The number of quaternary nitrogens is 1. The van der Waals surface area contributed by atoms with Gasteiger partial charge in [0.05, 0.1) is 0 Å². The zero-order chi connectivity index (χ0) is 18.5. The highest BCUT2D eigenvalue weighted by Crippen LogP contribution is 2.20. The molecular weight excluding hydrogens is 369 g/mol. The smallest absolute Gasteiger partial charge is 0.277 e. The van der Waals surface area contributed by atoms with Crippen LogP contribution < -0.4 is 10.2 Å². The monoisotopic (exact) mass is 392 g/mol. The van der Waals surface area contributed by atoms with Crippen molar-refractivity contribution in [3.8, 4) is 0 Å². The Labute approximate surface area is 164 Å². The van der Waals surface area contributed by atoms with E-state index in [0.717, 1.165) is 41.9 Å². The fourth-order valence-electron chi connectivity index (χ4n) is 3.20.